The summed E-state index contributed by atoms with van der Waals surface area (Å²) in [6, 6.07) is 4.92. The molecule has 7 nitrogen and oxygen atoms in total. The van der Waals surface area contributed by atoms with E-state index in [2.05, 4.69) is 11.8 Å². The molecule has 0 aliphatic heterocycles. The van der Waals surface area contributed by atoms with Crippen molar-refractivity contribution in [2.75, 3.05) is 6.54 Å². The van der Waals surface area contributed by atoms with E-state index in [0.717, 1.165) is 0 Å². The first kappa shape index (κ1) is 15.0. The van der Waals surface area contributed by atoms with Crippen molar-refractivity contribution >= 4 is 18.1 Å². The normalized spacial score (nSPS) is 9.20. The molecular weight excluding hydrogens is 264 g/mol. The number of carboxylic acid groups (broad SMARTS) is 2. The van der Waals surface area contributed by atoms with E-state index in [0.29, 0.717) is 4.90 Å². The number of imide groups is 1. The van der Waals surface area contributed by atoms with Crippen LogP contribution in [0.3, 0.4) is 0 Å². The maximum absolute atomic E-state index is 10.8. The minimum absolute atomic E-state index is 0.0383. The van der Waals surface area contributed by atoms with E-state index in [-0.39, 0.29) is 24.1 Å². The molecule has 7 heteroatoms. The van der Waals surface area contributed by atoms with Gasteiger partial charge >= 0.3 is 12.1 Å². The second-order valence-corrected chi connectivity index (χ2v) is 3.66. The lowest BCUT2D eigenvalue weighted by Gasteiger charge is -2.11. The first-order chi connectivity index (χ1) is 9.43. The van der Waals surface area contributed by atoms with Crippen molar-refractivity contribution in [2.45, 2.75) is 6.42 Å². The summed E-state index contributed by atoms with van der Waals surface area (Å²) in [5.41, 5.74) is 5.07. The van der Waals surface area contributed by atoms with Crippen LogP contribution in [-0.4, -0.2) is 34.6 Å². The average molecular weight is 275 g/mol. The molecule has 3 N–H and O–H groups in total. The Hall–Kier alpha value is -3.01. The molecule has 0 heterocycles. The van der Waals surface area contributed by atoms with Crippen LogP contribution in [0.5, 0.6) is 0 Å². The highest BCUT2D eigenvalue weighted by molar-refractivity contribution is 5.89. The van der Waals surface area contributed by atoms with Crippen LogP contribution in [0, 0.1) is 11.8 Å². The van der Waals surface area contributed by atoms with Gasteiger partial charge in [0.15, 0.2) is 0 Å². The second kappa shape index (κ2) is 6.80. The van der Waals surface area contributed by atoms with Crippen molar-refractivity contribution in [2.24, 2.45) is 5.73 Å². The molecule has 0 spiro atoms. The van der Waals surface area contributed by atoms with Gasteiger partial charge in [0.25, 0.3) is 0 Å². The lowest BCUT2D eigenvalue weighted by atomic mass is 10.1. The van der Waals surface area contributed by atoms with Crippen LogP contribution in [0.1, 0.15) is 22.3 Å². The lowest BCUT2D eigenvalue weighted by molar-refractivity contribution is -0.255. The maximum atomic E-state index is 10.8. The molecule has 0 saturated heterocycles. The molecule has 0 aromatic heterocycles. The number of hydrogen-bond acceptors (Lipinski definition) is 4. The zero-order valence-electron chi connectivity index (χ0n) is 10.3. The van der Waals surface area contributed by atoms with Gasteiger partial charge in [0.05, 0.1) is 5.97 Å². The van der Waals surface area contributed by atoms with Crippen molar-refractivity contribution in [3.8, 4) is 11.8 Å². The predicted molar refractivity (Wildman–Crippen MR) is 66.6 cm³/mol. The number of rotatable bonds is 3. The summed E-state index contributed by atoms with van der Waals surface area (Å²) in [7, 11) is 0. The molecule has 1 rings (SSSR count). The van der Waals surface area contributed by atoms with Crippen LogP contribution < -0.4 is 10.8 Å². The summed E-state index contributed by atoms with van der Waals surface area (Å²) in [5, 5.41) is 19.5. The summed E-state index contributed by atoms with van der Waals surface area (Å²) in [5.74, 6) is 3.82. The molecule has 0 bridgehead atoms. The summed E-state index contributed by atoms with van der Waals surface area (Å²) in [4.78, 5) is 32.7. The van der Waals surface area contributed by atoms with Gasteiger partial charge in [0, 0.05) is 24.1 Å². The third-order valence-corrected chi connectivity index (χ3v) is 2.33. The topological polar surface area (TPSA) is 124 Å². The van der Waals surface area contributed by atoms with Crippen molar-refractivity contribution in [3.63, 3.8) is 0 Å². The van der Waals surface area contributed by atoms with Crippen molar-refractivity contribution in [3.05, 3.63) is 35.4 Å². The molecule has 0 atom stereocenters. The number of amides is 3. The zero-order chi connectivity index (χ0) is 15.1. The highest BCUT2D eigenvalue weighted by atomic mass is 16.4. The molecule has 1 aromatic carbocycles. The largest absolute Gasteiger partial charge is 0.545 e. The number of benzene rings is 1. The Balaban J connectivity index is 2.75. The smallest absolute Gasteiger partial charge is 0.415 e. The molecule has 104 valence electrons. The van der Waals surface area contributed by atoms with Gasteiger partial charge < -0.3 is 20.7 Å². The van der Waals surface area contributed by atoms with Crippen LogP contribution in [0.2, 0.25) is 0 Å². The lowest BCUT2D eigenvalue weighted by Crippen LogP contribution is -2.40. The minimum atomic E-state index is -1.46. The fraction of sp³-hybridized carbons (Fsp3) is 0.154. The first-order valence-electron chi connectivity index (χ1n) is 5.52. The number of carbonyl (C=O) groups is 3. The van der Waals surface area contributed by atoms with Crippen LogP contribution >= 0.6 is 0 Å². The van der Waals surface area contributed by atoms with E-state index in [1.54, 1.807) is 6.07 Å². The monoisotopic (exact) mass is 275 g/mol. The molecule has 0 saturated carbocycles. The van der Waals surface area contributed by atoms with E-state index in [9.17, 15) is 19.5 Å². The molecule has 20 heavy (non-hydrogen) atoms. The van der Waals surface area contributed by atoms with Gasteiger partial charge in [-0.15, -0.1) is 0 Å². The van der Waals surface area contributed by atoms with Gasteiger partial charge in [-0.3, -0.25) is 0 Å². The molecule has 0 aliphatic carbocycles. The zero-order valence-corrected chi connectivity index (χ0v) is 10.3. The van der Waals surface area contributed by atoms with Gasteiger partial charge in [0.2, 0.25) is 0 Å². The third-order valence-electron chi connectivity index (χ3n) is 2.33. The summed E-state index contributed by atoms with van der Waals surface area (Å²) < 4.78 is 0. The first-order valence-corrected chi connectivity index (χ1v) is 5.52. The number of nitrogens with zero attached hydrogens (tertiary/aromatic N) is 1. The Morgan fingerprint density at radius 3 is 2.50 bits per heavy atom. The van der Waals surface area contributed by atoms with Gasteiger partial charge in [-0.05, 0) is 6.07 Å². The Morgan fingerprint density at radius 1 is 1.30 bits per heavy atom. The Bertz CT molecular complexity index is 586. The highest BCUT2D eigenvalue weighted by Gasteiger charge is 2.15. The molecule has 0 radical (unpaired) electrons. The fourth-order valence-corrected chi connectivity index (χ4v) is 1.40. The van der Waals surface area contributed by atoms with Crippen molar-refractivity contribution in [1.29, 1.82) is 0 Å². The van der Waals surface area contributed by atoms with E-state index in [1.807, 2.05) is 0 Å². The highest BCUT2D eigenvalue weighted by Crippen LogP contribution is 2.05. The Morgan fingerprint density at radius 2 is 1.95 bits per heavy atom. The molecular formula is C13H11N2O5-. The van der Waals surface area contributed by atoms with E-state index in [4.69, 9.17) is 10.8 Å². The Kier molecular flexibility index (Phi) is 5.12. The number of primary amides is 1. The van der Waals surface area contributed by atoms with Crippen molar-refractivity contribution in [1.82, 2.24) is 4.90 Å². The fourth-order valence-electron chi connectivity index (χ4n) is 1.40. The minimum Gasteiger partial charge on any atom is -0.545 e. The number of carboxylic acids is 1. The number of carbonyl (C=O) groups excluding carboxylic acids is 2. The number of aromatic carboxylic acids is 1. The molecule has 0 fully saturated rings. The SMILES string of the molecule is NC(=O)N(CCC#Cc1ccccc1C(=O)[O-])C(=O)O. The summed E-state index contributed by atoms with van der Waals surface area (Å²) in [6.07, 6.45) is -1.43. The molecule has 0 unspecified atom stereocenters. The average Bonchev–Trinajstić information content (AvgIpc) is 2.37. The number of nitrogens with two attached hydrogens (primary N) is 1. The van der Waals surface area contributed by atoms with Crippen LogP contribution in [-0.2, 0) is 0 Å². The van der Waals surface area contributed by atoms with Gasteiger partial charge in [0.1, 0.15) is 0 Å². The van der Waals surface area contributed by atoms with Crippen molar-refractivity contribution < 1.29 is 24.6 Å². The number of urea groups is 1. The standard InChI is InChI=1S/C13H12N2O5/c14-12(18)15(13(19)20)8-4-3-6-9-5-1-2-7-10(9)11(16)17/h1-2,5,7H,4,8H2,(H2,14,18)(H,16,17)(H,19,20)/p-1. The van der Waals surface area contributed by atoms with E-state index >= 15 is 0 Å². The van der Waals surface area contributed by atoms with E-state index < -0.39 is 18.1 Å². The van der Waals surface area contributed by atoms with Crippen LogP contribution in [0.25, 0.3) is 0 Å². The third kappa shape index (κ3) is 4.03. The number of hydrogen-bond donors (Lipinski definition) is 2. The molecule has 3 amide bonds. The maximum Gasteiger partial charge on any atom is 0.415 e. The van der Waals surface area contributed by atoms with Gasteiger partial charge in [-0.25, -0.2) is 14.5 Å². The molecule has 1 aromatic rings. The van der Waals surface area contributed by atoms with Crippen LogP contribution in [0.15, 0.2) is 24.3 Å². The Labute approximate surface area is 114 Å². The van der Waals surface area contributed by atoms with E-state index in [1.165, 1.54) is 18.2 Å². The second-order valence-electron chi connectivity index (χ2n) is 3.66. The van der Waals surface area contributed by atoms with Gasteiger partial charge in [-0.2, -0.15) is 0 Å². The predicted octanol–water partition coefficient (Wildman–Crippen LogP) is -0.150. The van der Waals surface area contributed by atoms with Crippen LogP contribution in [0.4, 0.5) is 9.59 Å². The summed E-state index contributed by atoms with van der Waals surface area (Å²) in [6.45, 7) is -0.189. The van der Waals surface area contributed by atoms with Gasteiger partial charge in [-0.1, -0.05) is 30.0 Å². The summed E-state index contributed by atoms with van der Waals surface area (Å²) >= 11 is 0. The quantitative estimate of drug-likeness (QED) is 0.742. The molecule has 0 aliphatic rings.